The molecule has 0 radical (unpaired) electrons. The number of aryl methyl sites for hydroxylation is 2. The molecule has 0 saturated heterocycles. The highest BCUT2D eigenvalue weighted by atomic mass is 32.2. The zero-order valence-electron chi connectivity index (χ0n) is 15.6. The third kappa shape index (κ3) is 3.70. The first kappa shape index (κ1) is 18.4. The van der Waals surface area contributed by atoms with Crippen molar-refractivity contribution in [3.63, 3.8) is 0 Å². The first-order valence-corrected chi connectivity index (χ1v) is 10.0. The first-order chi connectivity index (χ1) is 13.7. The lowest BCUT2D eigenvalue weighted by molar-refractivity contribution is -0.130. The third-order valence-corrected chi connectivity index (χ3v) is 5.49. The number of rotatable bonds is 6. The maximum Gasteiger partial charge on any atom is 0.253 e. The van der Waals surface area contributed by atoms with Gasteiger partial charge in [0.2, 0.25) is 5.16 Å². The standard InChI is InChI=1S/C19H20N6O2S/c1-3-24-19(20-22-23-24)28-12-18(26)25-16(17-5-4-10-27-17)11-15(21-25)14-8-6-13(2)7-9-14/h4-10,16H,3,11-12H2,1-2H3/t16-/m1/s1. The molecule has 144 valence electrons. The van der Waals surface area contributed by atoms with Gasteiger partial charge in [-0.1, -0.05) is 41.6 Å². The predicted molar refractivity (Wildman–Crippen MR) is 105 cm³/mol. The number of nitrogens with zero attached hydrogens (tertiary/aromatic N) is 6. The molecule has 1 atom stereocenters. The normalized spacial score (nSPS) is 16.4. The summed E-state index contributed by atoms with van der Waals surface area (Å²) in [5.74, 6) is 0.809. The van der Waals surface area contributed by atoms with Crippen molar-refractivity contribution in [3.8, 4) is 0 Å². The van der Waals surface area contributed by atoms with Gasteiger partial charge in [-0.3, -0.25) is 4.79 Å². The lowest BCUT2D eigenvalue weighted by atomic mass is 10.0. The van der Waals surface area contributed by atoms with Crippen LogP contribution in [0.25, 0.3) is 0 Å². The molecule has 1 aliphatic heterocycles. The second-order valence-electron chi connectivity index (χ2n) is 6.45. The summed E-state index contributed by atoms with van der Waals surface area (Å²) in [6.07, 6.45) is 2.23. The van der Waals surface area contributed by atoms with E-state index < -0.39 is 0 Å². The number of carbonyl (C=O) groups is 1. The van der Waals surface area contributed by atoms with Gasteiger partial charge in [0.15, 0.2) is 0 Å². The molecule has 8 nitrogen and oxygen atoms in total. The Bertz CT molecular complexity index is 980. The van der Waals surface area contributed by atoms with Crippen LogP contribution in [0.4, 0.5) is 0 Å². The zero-order chi connectivity index (χ0) is 19.5. The topological polar surface area (TPSA) is 89.4 Å². The monoisotopic (exact) mass is 396 g/mol. The number of aromatic nitrogens is 4. The zero-order valence-corrected chi connectivity index (χ0v) is 16.5. The summed E-state index contributed by atoms with van der Waals surface area (Å²) in [5.41, 5.74) is 3.07. The molecule has 1 aliphatic rings. The van der Waals surface area contributed by atoms with Crippen molar-refractivity contribution >= 4 is 23.4 Å². The molecule has 0 aliphatic carbocycles. The van der Waals surface area contributed by atoms with Crippen LogP contribution in [0.15, 0.2) is 57.3 Å². The van der Waals surface area contributed by atoms with Crippen molar-refractivity contribution in [2.24, 2.45) is 5.10 Å². The molecule has 3 heterocycles. The highest BCUT2D eigenvalue weighted by Gasteiger charge is 2.34. The largest absolute Gasteiger partial charge is 0.467 e. The number of carbonyl (C=O) groups excluding carboxylic acids is 1. The smallest absolute Gasteiger partial charge is 0.253 e. The number of hydrogen-bond acceptors (Lipinski definition) is 7. The summed E-state index contributed by atoms with van der Waals surface area (Å²) in [6.45, 7) is 4.65. The van der Waals surface area contributed by atoms with Gasteiger partial charge in [0.1, 0.15) is 11.8 Å². The summed E-state index contributed by atoms with van der Waals surface area (Å²) >= 11 is 1.31. The Hall–Kier alpha value is -2.94. The van der Waals surface area contributed by atoms with Crippen molar-refractivity contribution in [2.45, 2.75) is 38.0 Å². The summed E-state index contributed by atoms with van der Waals surface area (Å²) in [7, 11) is 0. The van der Waals surface area contributed by atoms with Crippen LogP contribution < -0.4 is 0 Å². The Morgan fingerprint density at radius 1 is 1.29 bits per heavy atom. The van der Waals surface area contributed by atoms with E-state index in [1.165, 1.54) is 22.3 Å². The number of furan rings is 1. The van der Waals surface area contributed by atoms with E-state index in [9.17, 15) is 4.79 Å². The molecule has 1 aromatic carbocycles. The fourth-order valence-corrected chi connectivity index (χ4v) is 3.85. The molecule has 0 spiro atoms. The number of thioether (sulfide) groups is 1. The minimum atomic E-state index is -0.249. The van der Waals surface area contributed by atoms with E-state index in [0.717, 1.165) is 17.0 Å². The van der Waals surface area contributed by atoms with Gasteiger partial charge in [0.25, 0.3) is 5.91 Å². The quantitative estimate of drug-likeness (QED) is 0.595. The van der Waals surface area contributed by atoms with E-state index in [1.807, 2.05) is 50.2 Å². The highest BCUT2D eigenvalue weighted by molar-refractivity contribution is 7.99. The van der Waals surface area contributed by atoms with Gasteiger partial charge in [-0.15, -0.1) is 5.10 Å². The number of hydrogen-bond donors (Lipinski definition) is 0. The molecule has 2 aromatic heterocycles. The molecular weight excluding hydrogens is 376 g/mol. The maximum atomic E-state index is 13.0. The van der Waals surface area contributed by atoms with Crippen molar-refractivity contribution in [3.05, 3.63) is 59.5 Å². The fraction of sp³-hybridized carbons (Fsp3) is 0.316. The Morgan fingerprint density at radius 3 is 2.82 bits per heavy atom. The molecule has 4 rings (SSSR count). The molecule has 28 heavy (non-hydrogen) atoms. The van der Waals surface area contributed by atoms with E-state index in [1.54, 1.807) is 10.9 Å². The summed E-state index contributed by atoms with van der Waals surface area (Å²) in [5, 5.41) is 18.3. The van der Waals surface area contributed by atoms with Crippen molar-refractivity contribution < 1.29 is 9.21 Å². The second kappa shape index (κ2) is 7.97. The molecule has 0 fully saturated rings. The van der Waals surface area contributed by atoms with Crippen LogP contribution in [0.3, 0.4) is 0 Å². The van der Waals surface area contributed by atoms with Crippen LogP contribution in [-0.4, -0.2) is 42.6 Å². The van der Waals surface area contributed by atoms with Gasteiger partial charge in [-0.2, -0.15) is 5.10 Å². The SMILES string of the molecule is CCn1nnnc1SCC(=O)N1N=C(c2ccc(C)cc2)C[C@@H]1c1ccco1. The predicted octanol–water partition coefficient (Wildman–Crippen LogP) is 3.06. The maximum absolute atomic E-state index is 13.0. The van der Waals surface area contributed by atoms with Gasteiger partial charge in [-0.05, 0) is 42.0 Å². The van der Waals surface area contributed by atoms with E-state index in [-0.39, 0.29) is 17.7 Å². The van der Waals surface area contributed by atoms with Crippen LogP contribution in [0.2, 0.25) is 0 Å². The van der Waals surface area contributed by atoms with Crippen molar-refractivity contribution in [1.29, 1.82) is 0 Å². The fourth-order valence-electron chi connectivity index (χ4n) is 3.05. The van der Waals surface area contributed by atoms with Crippen LogP contribution in [0.1, 0.15) is 36.3 Å². The molecule has 1 amide bonds. The summed E-state index contributed by atoms with van der Waals surface area (Å²) in [4.78, 5) is 13.0. The van der Waals surface area contributed by atoms with Crippen LogP contribution >= 0.6 is 11.8 Å². The van der Waals surface area contributed by atoms with E-state index in [2.05, 4.69) is 20.6 Å². The Balaban J connectivity index is 1.55. The van der Waals surface area contributed by atoms with E-state index in [0.29, 0.717) is 18.1 Å². The Kier molecular flexibility index (Phi) is 5.25. The summed E-state index contributed by atoms with van der Waals surface area (Å²) < 4.78 is 7.24. The Morgan fingerprint density at radius 2 is 2.11 bits per heavy atom. The molecular formula is C19H20N6O2S. The minimum Gasteiger partial charge on any atom is -0.467 e. The van der Waals surface area contributed by atoms with Crippen molar-refractivity contribution in [1.82, 2.24) is 25.2 Å². The molecule has 0 unspecified atom stereocenters. The van der Waals surface area contributed by atoms with Gasteiger partial charge in [0.05, 0.1) is 17.7 Å². The van der Waals surface area contributed by atoms with Gasteiger partial charge in [0, 0.05) is 13.0 Å². The lowest BCUT2D eigenvalue weighted by Gasteiger charge is -2.19. The van der Waals surface area contributed by atoms with Crippen LogP contribution in [-0.2, 0) is 11.3 Å². The number of hydrazone groups is 1. The second-order valence-corrected chi connectivity index (χ2v) is 7.39. The Labute approximate surface area is 166 Å². The third-order valence-electron chi connectivity index (χ3n) is 4.55. The number of amides is 1. The molecule has 0 saturated carbocycles. The average Bonchev–Trinajstić information content (AvgIpc) is 3.46. The molecule has 0 N–H and O–H groups in total. The highest BCUT2D eigenvalue weighted by Crippen LogP contribution is 2.33. The average molecular weight is 396 g/mol. The molecule has 3 aromatic rings. The van der Waals surface area contributed by atoms with E-state index >= 15 is 0 Å². The molecule has 9 heteroatoms. The van der Waals surface area contributed by atoms with E-state index in [4.69, 9.17) is 4.42 Å². The van der Waals surface area contributed by atoms with Gasteiger partial charge in [-0.25, -0.2) is 9.69 Å². The van der Waals surface area contributed by atoms with Crippen LogP contribution in [0.5, 0.6) is 0 Å². The lowest BCUT2D eigenvalue weighted by Crippen LogP contribution is -2.28. The van der Waals surface area contributed by atoms with Gasteiger partial charge < -0.3 is 4.42 Å². The molecule has 0 bridgehead atoms. The number of tetrazole rings is 1. The van der Waals surface area contributed by atoms with Crippen LogP contribution in [0, 0.1) is 6.92 Å². The number of benzene rings is 1. The first-order valence-electron chi connectivity index (χ1n) is 9.04. The van der Waals surface area contributed by atoms with Gasteiger partial charge >= 0.3 is 0 Å². The van der Waals surface area contributed by atoms with Crippen molar-refractivity contribution in [2.75, 3.05) is 5.75 Å². The summed E-state index contributed by atoms with van der Waals surface area (Å²) in [6, 6.07) is 11.6. The minimum absolute atomic E-state index is 0.112.